The lowest BCUT2D eigenvalue weighted by Crippen LogP contribution is -2.36. The van der Waals surface area contributed by atoms with E-state index in [0.29, 0.717) is 6.42 Å². The molecule has 150 valence electrons. The first-order chi connectivity index (χ1) is 13.0. The third-order valence-electron chi connectivity index (χ3n) is 5.03. The van der Waals surface area contributed by atoms with Crippen LogP contribution in [-0.4, -0.2) is 26.3 Å². The zero-order valence-corrected chi connectivity index (χ0v) is 16.2. The van der Waals surface area contributed by atoms with Crippen molar-refractivity contribution in [3.8, 4) is 5.88 Å². The number of amides is 1. The van der Waals surface area contributed by atoms with Gasteiger partial charge in [0.2, 0.25) is 11.8 Å². The monoisotopic (exact) mass is 378 g/mol. The molecule has 8 heteroatoms. The quantitative estimate of drug-likeness (QED) is 0.366. The summed E-state index contributed by atoms with van der Waals surface area (Å²) in [6, 6.07) is -0.136. The van der Waals surface area contributed by atoms with Gasteiger partial charge in [-0.25, -0.2) is 10.2 Å². The molecule has 0 bridgehead atoms. The second-order valence-corrected chi connectivity index (χ2v) is 7.16. The number of rotatable bonds is 8. The number of aromatic nitrogens is 2. The predicted octanol–water partition coefficient (Wildman–Crippen LogP) is 2.56. The third-order valence-corrected chi connectivity index (χ3v) is 5.03. The van der Waals surface area contributed by atoms with Crippen molar-refractivity contribution in [2.45, 2.75) is 84.1 Å². The van der Waals surface area contributed by atoms with Crippen LogP contribution in [0.4, 0.5) is 0 Å². The fourth-order valence-corrected chi connectivity index (χ4v) is 3.51. The Bertz CT molecular complexity index is 788. The maximum absolute atomic E-state index is 12.2. The minimum atomic E-state index is -0.706. The van der Waals surface area contributed by atoms with Crippen molar-refractivity contribution >= 4 is 11.6 Å². The van der Waals surface area contributed by atoms with E-state index in [2.05, 4.69) is 22.4 Å². The number of nitrogens with zero attached hydrogens (tertiary/aromatic N) is 2. The van der Waals surface area contributed by atoms with Crippen molar-refractivity contribution in [1.29, 1.82) is 0 Å². The molecule has 0 atom stereocenters. The number of hydrogen-bond donors (Lipinski definition) is 3. The van der Waals surface area contributed by atoms with Crippen LogP contribution in [-0.2, 0) is 4.79 Å². The van der Waals surface area contributed by atoms with E-state index in [-0.39, 0.29) is 29.1 Å². The lowest BCUT2D eigenvalue weighted by atomic mass is 9.95. The molecule has 27 heavy (non-hydrogen) atoms. The largest absolute Gasteiger partial charge is 0.494 e. The fraction of sp³-hybridized carbons (Fsp3) is 0.684. The van der Waals surface area contributed by atoms with E-state index in [9.17, 15) is 19.5 Å². The highest BCUT2D eigenvalue weighted by Crippen LogP contribution is 2.30. The number of unbranched alkanes of at least 4 members (excludes halogenated alkanes) is 3. The molecule has 1 aliphatic carbocycles. The number of hydrogen-bond acceptors (Lipinski definition) is 5. The van der Waals surface area contributed by atoms with Crippen molar-refractivity contribution in [3.63, 3.8) is 0 Å². The Kier molecular flexibility index (Phi) is 7.82. The van der Waals surface area contributed by atoms with Crippen molar-refractivity contribution in [2.24, 2.45) is 5.10 Å². The second-order valence-electron chi connectivity index (χ2n) is 7.16. The molecular weight excluding hydrogens is 348 g/mol. The lowest BCUT2D eigenvalue weighted by molar-refractivity contribution is -0.121. The van der Waals surface area contributed by atoms with Gasteiger partial charge in [-0.15, -0.1) is 0 Å². The Hall–Kier alpha value is -2.38. The highest BCUT2D eigenvalue weighted by Gasteiger charge is 2.24. The van der Waals surface area contributed by atoms with E-state index in [1.807, 2.05) is 0 Å². The SMILES string of the molecule is CCCCCCC(=O)NN=C(C)c1c(O)n(C2CCCCC2)c(=O)[nH]c1=O. The molecule has 8 nitrogen and oxygen atoms in total. The van der Waals surface area contributed by atoms with Gasteiger partial charge in [-0.05, 0) is 26.2 Å². The Labute approximate surface area is 158 Å². The van der Waals surface area contributed by atoms with Gasteiger partial charge in [-0.1, -0.05) is 45.4 Å². The summed E-state index contributed by atoms with van der Waals surface area (Å²) in [5, 5.41) is 14.5. The summed E-state index contributed by atoms with van der Waals surface area (Å²) in [6.07, 6.45) is 8.94. The molecule has 1 aromatic heterocycles. The zero-order chi connectivity index (χ0) is 19.8. The van der Waals surface area contributed by atoms with Crippen LogP contribution in [0, 0.1) is 0 Å². The maximum atomic E-state index is 12.2. The Morgan fingerprint density at radius 3 is 2.59 bits per heavy atom. The van der Waals surface area contributed by atoms with Gasteiger partial charge in [0, 0.05) is 12.5 Å². The normalized spacial score (nSPS) is 15.7. The van der Waals surface area contributed by atoms with Crippen LogP contribution < -0.4 is 16.7 Å². The summed E-state index contributed by atoms with van der Waals surface area (Å²) in [5.41, 5.74) is 1.20. The Morgan fingerprint density at radius 2 is 1.93 bits per heavy atom. The highest BCUT2D eigenvalue weighted by atomic mass is 16.3. The van der Waals surface area contributed by atoms with Crippen LogP contribution in [0.1, 0.15) is 89.7 Å². The molecule has 0 radical (unpaired) electrons. The number of carbonyl (C=O) groups is 1. The molecule has 1 amide bonds. The Balaban J connectivity index is 2.17. The van der Waals surface area contributed by atoms with Crippen LogP contribution in [0.5, 0.6) is 5.88 Å². The molecule has 1 aliphatic rings. The summed E-state index contributed by atoms with van der Waals surface area (Å²) >= 11 is 0. The van der Waals surface area contributed by atoms with E-state index in [1.54, 1.807) is 0 Å². The average molecular weight is 378 g/mol. The second kappa shape index (κ2) is 10.1. The first kappa shape index (κ1) is 20.9. The first-order valence-corrected chi connectivity index (χ1v) is 9.87. The number of H-pyrrole nitrogens is 1. The zero-order valence-electron chi connectivity index (χ0n) is 16.2. The lowest BCUT2D eigenvalue weighted by Gasteiger charge is -2.25. The van der Waals surface area contributed by atoms with E-state index in [1.165, 1.54) is 11.5 Å². The van der Waals surface area contributed by atoms with Gasteiger partial charge in [0.25, 0.3) is 5.56 Å². The predicted molar refractivity (Wildman–Crippen MR) is 104 cm³/mol. The van der Waals surface area contributed by atoms with Gasteiger partial charge in [0.1, 0.15) is 5.56 Å². The van der Waals surface area contributed by atoms with Gasteiger partial charge < -0.3 is 5.11 Å². The van der Waals surface area contributed by atoms with Gasteiger partial charge in [0.05, 0.1) is 5.71 Å². The van der Waals surface area contributed by atoms with E-state index in [4.69, 9.17) is 0 Å². The standard InChI is InChI=1S/C19H30N4O4/c1-3-4-5-9-12-15(24)22-21-13(2)16-17(25)20-19(27)23(18(16)26)14-10-7-6-8-11-14/h14,26H,3-12H2,1-2H3,(H,22,24)(H,20,25,27). The molecule has 0 spiro atoms. The number of hydrazone groups is 1. The van der Waals surface area contributed by atoms with Crippen molar-refractivity contribution in [1.82, 2.24) is 15.0 Å². The van der Waals surface area contributed by atoms with Gasteiger partial charge >= 0.3 is 5.69 Å². The van der Waals surface area contributed by atoms with Crippen LogP contribution in [0.3, 0.4) is 0 Å². The van der Waals surface area contributed by atoms with E-state index >= 15 is 0 Å². The minimum absolute atomic E-state index is 0.0774. The van der Waals surface area contributed by atoms with Gasteiger partial charge in [0.15, 0.2) is 0 Å². The highest BCUT2D eigenvalue weighted by molar-refractivity contribution is 6.00. The van der Waals surface area contributed by atoms with Crippen LogP contribution in [0.15, 0.2) is 14.7 Å². The molecule has 0 aromatic carbocycles. The topological polar surface area (TPSA) is 117 Å². The van der Waals surface area contributed by atoms with Crippen LogP contribution >= 0.6 is 0 Å². The molecule has 1 fully saturated rings. The van der Waals surface area contributed by atoms with Gasteiger partial charge in [-0.2, -0.15) is 5.10 Å². The first-order valence-electron chi connectivity index (χ1n) is 9.87. The van der Waals surface area contributed by atoms with E-state index < -0.39 is 11.2 Å². The van der Waals surface area contributed by atoms with Crippen molar-refractivity contribution in [2.75, 3.05) is 0 Å². The van der Waals surface area contributed by atoms with Crippen LogP contribution in [0.25, 0.3) is 0 Å². The Morgan fingerprint density at radius 1 is 1.22 bits per heavy atom. The number of aromatic hydroxyl groups is 1. The average Bonchev–Trinajstić information content (AvgIpc) is 2.64. The van der Waals surface area contributed by atoms with Gasteiger partial charge in [-0.3, -0.25) is 19.1 Å². The molecule has 0 aliphatic heterocycles. The van der Waals surface area contributed by atoms with E-state index in [0.717, 1.165) is 57.8 Å². The minimum Gasteiger partial charge on any atom is -0.494 e. The molecule has 3 N–H and O–H groups in total. The van der Waals surface area contributed by atoms with Crippen LogP contribution in [0.2, 0.25) is 0 Å². The summed E-state index contributed by atoms with van der Waals surface area (Å²) in [4.78, 5) is 38.5. The molecule has 2 rings (SSSR count). The number of nitrogens with one attached hydrogen (secondary N) is 2. The number of aromatic amines is 1. The maximum Gasteiger partial charge on any atom is 0.331 e. The summed E-state index contributed by atoms with van der Waals surface area (Å²) in [6.45, 7) is 3.63. The molecule has 1 saturated carbocycles. The fourth-order valence-electron chi connectivity index (χ4n) is 3.51. The molecule has 1 heterocycles. The summed E-state index contributed by atoms with van der Waals surface area (Å²) in [7, 11) is 0. The molecular formula is C19H30N4O4. The third kappa shape index (κ3) is 5.55. The molecule has 0 saturated heterocycles. The smallest absolute Gasteiger partial charge is 0.331 e. The molecule has 1 aromatic rings. The number of carbonyl (C=O) groups excluding carboxylic acids is 1. The summed E-state index contributed by atoms with van der Waals surface area (Å²) < 4.78 is 1.25. The van der Waals surface area contributed by atoms with Crippen molar-refractivity contribution < 1.29 is 9.90 Å². The van der Waals surface area contributed by atoms with Crippen molar-refractivity contribution in [3.05, 3.63) is 26.4 Å². The summed E-state index contributed by atoms with van der Waals surface area (Å²) in [5.74, 6) is -0.615. The molecule has 0 unspecified atom stereocenters.